The maximum absolute atomic E-state index is 9.64. The lowest BCUT2D eigenvalue weighted by atomic mass is 10.4. The number of halogens is 1. The Labute approximate surface area is 110 Å². The first-order chi connectivity index (χ1) is 8.24. The Bertz CT molecular complexity index is 327. The summed E-state index contributed by atoms with van der Waals surface area (Å²) in [6.45, 7) is 1.31. The highest BCUT2D eigenvalue weighted by Gasteiger charge is 2.08. The van der Waals surface area contributed by atoms with Gasteiger partial charge in [-0.05, 0) is 12.1 Å². The largest absolute Gasteiger partial charge is 0.390 e. The number of pyridine rings is 1. The molecule has 0 saturated carbocycles. The minimum absolute atomic E-state index is 0.292. The first-order valence-corrected chi connectivity index (χ1v) is 6.58. The summed E-state index contributed by atoms with van der Waals surface area (Å²) in [6.07, 6.45) is 1.14. The van der Waals surface area contributed by atoms with Gasteiger partial charge in [0.2, 0.25) is 0 Å². The van der Waals surface area contributed by atoms with Crippen LogP contribution in [-0.4, -0.2) is 48.9 Å². The van der Waals surface area contributed by atoms with Gasteiger partial charge in [0.15, 0.2) is 0 Å². The zero-order valence-corrected chi connectivity index (χ0v) is 11.2. The second kappa shape index (κ2) is 8.72. The van der Waals surface area contributed by atoms with Crippen LogP contribution in [-0.2, 0) is 9.47 Å². The predicted octanol–water partition coefficient (Wildman–Crippen LogP) is 1.85. The number of rotatable bonds is 8. The molecule has 0 aromatic carbocycles. The van der Waals surface area contributed by atoms with E-state index in [2.05, 4.69) is 4.98 Å². The number of nitrogens with zero attached hydrogens (tertiary/aromatic N) is 1. The summed E-state index contributed by atoms with van der Waals surface area (Å²) in [5, 5.41) is 11.0. The molecule has 0 fully saturated rings. The zero-order chi connectivity index (χ0) is 12.5. The molecular formula is C11H16ClNO3S. The Kier molecular flexibility index (Phi) is 7.55. The van der Waals surface area contributed by atoms with E-state index in [0.717, 1.165) is 5.03 Å². The molecule has 17 heavy (non-hydrogen) atoms. The zero-order valence-electron chi connectivity index (χ0n) is 9.63. The summed E-state index contributed by atoms with van der Waals surface area (Å²) in [6, 6.07) is 3.55. The maximum Gasteiger partial charge on any atom is 0.115 e. The number of aromatic nitrogens is 1. The number of aliphatic hydroxyl groups excluding tert-OH is 1. The van der Waals surface area contributed by atoms with Gasteiger partial charge in [-0.2, -0.15) is 0 Å². The molecule has 4 nitrogen and oxygen atoms in total. The lowest BCUT2D eigenvalue weighted by Crippen LogP contribution is -2.19. The van der Waals surface area contributed by atoms with Gasteiger partial charge in [-0.15, -0.1) is 11.8 Å². The lowest BCUT2D eigenvalue weighted by molar-refractivity contribution is 0.0218. The van der Waals surface area contributed by atoms with Gasteiger partial charge in [0.1, 0.15) is 5.03 Å². The fraction of sp³-hybridized carbons (Fsp3) is 0.545. The summed E-state index contributed by atoms with van der Waals surface area (Å²) >= 11 is 7.36. The third-order valence-corrected chi connectivity index (χ3v) is 3.45. The predicted molar refractivity (Wildman–Crippen MR) is 68.7 cm³/mol. The van der Waals surface area contributed by atoms with Crippen LogP contribution < -0.4 is 0 Å². The molecule has 6 heteroatoms. The average molecular weight is 278 g/mol. The smallest absolute Gasteiger partial charge is 0.115 e. The number of hydrogen-bond donors (Lipinski definition) is 1. The summed E-state index contributed by atoms with van der Waals surface area (Å²) in [5.41, 5.74) is 0. The molecule has 96 valence electrons. The fourth-order valence-corrected chi connectivity index (χ4v) is 2.14. The molecule has 0 aliphatic heterocycles. The number of methoxy groups -OCH3 is 1. The highest BCUT2D eigenvalue weighted by molar-refractivity contribution is 7.99. The number of thioether (sulfide) groups is 1. The van der Waals surface area contributed by atoms with Crippen molar-refractivity contribution in [3.05, 3.63) is 23.4 Å². The van der Waals surface area contributed by atoms with E-state index in [1.54, 1.807) is 25.4 Å². The van der Waals surface area contributed by atoms with Crippen LogP contribution in [0.4, 0.5) is 0 Å². The lowest BCUT2D eigenvalue weighted by Gasteiger charge is -2.10. The minimum atomic E-state index is -0.532. The van der Waals surface area contributed by atoms with E-state index < -0.39 is 6.10 Å². The fourth-order valence-electron chi connectivity index (χ4n) is 1.06. The van der Waals surface area contributed by atoms with Crippen molar-refractivity contribution in [1.29, 1.82) is 0 Å². The first-order valence-electron chi connectivity index (χ1n) is 5.22. The summed E-state index contributed by atoms with van der Waals surface area (Å²) < 4.78 is 10.0. The molecule has 0 bridgehead atoms. The van der Waals surface area contributed by atoms with Crippen LogP contribution in [0.3, 0.4) is 0 Å². The molecule has 1 heterocycles. The van der Waals surface area contributed by atoms with Gasteiger partial charge in [-0.25, -0.2) is 4.98 Å². The third-order valence-electron chi connectivity index (χ3n) is 1.88. The number of hydrogen-bond acceptors (Lipinski definition) is 5. The van der Waals surface area contributed by atoms with Crippen molar-refractivity contribution < 1.29 is 14.6 Å². The molecule has 1 atom stereocenters. The molecule has 0 amide bonds. The second-order valence-corrected chi connectivity index (χ2v) is 4.74. The van der Waals surface area contributed by atoms with Crippen LogP contribution in [0.25, 0.3) is 0 Å². The first kappa shape index (κ1) is 14.7. The van der Waals surface area contributed by atoms with Gasteiger partial charge in [-0.1, -0.05) is 11.6 Å². The molecule has 0 aliphatic carbocycles. The van der Waals surface area contributed by atoms with E-state index in [1.807, 2.05) is 0 Å². The van der Waals surface area contributed by atoms with Crippen LogP contribution in [0.5, 0.6) is 0 Å². The highest BCUT2D eigenvalue weighted by atomic mass is 35.5. The van der Waals surface area contributed by atoms with Gasteiger partial charge in [0.25, 0.3) is 0 Å². The Balaban J connectivity index is 2.19. The molecule has 0 spiro atoms. The standard InChI is InChI=1S/C11H16ClNO3S/c1-15-5-6-16-7-9(14)8-17-11-10(12)3-2-4-13-11/h2-4,9,14H,5-8H2,1H3. The second-order valence-electron chi connectivity index (χ2n) is 3.32. The molecule has 1 unspecified atom stereocenters. The molecule has 1 aromatic heterocycles. The quantitative estimate of drug-likeness (QED) is 0.581. The topological polar surface area (TPSA) is 51.6 Å². The van der Waals surface area contributed by atoms with Gasteiger partial charge in [0, 0.05) is 19.1 Å². The Morgan fingerprint density at radius 2 is 2.35 bits per heavy atom. The average Bonchev–Trinajstić information content (AvgIpc) is 2.34. The van der Waals surface area contributed by atoms with E-state index in [4.69, 9.17) is 21.1 Å². The van der Waals surface area contributed by atoms with Crippen molar-refractivity contribution in [3.63, 3.8) is 0 Å². The third kappa shape index (κ3) is 6.24. The van der Waals surface area contributed by atoms with Crippen molar-refractivity contribution in [1.82, 2.24) is 4.98 Å². The Morgan fingerprint density at radius 1 is 1.53 bits per heavy atom. The van der Waals surface area contributed by atoms with Crippen LogP contribution >= 0.6 is 23.4 Å². The van der Waals surface area contributed by atoms with Gasteiger partial charge >= 0.3 is 0 Å². The van der Waals surface area contributed by atoms with Crippen LogP contribution in [0, 0.1) is 0 Å². The van der Waals surface area contributed by atoms with Crippen LogP contribution in [0.15, 0.2) is 23.4 Å². The minimum Gasteiger partial charge on any atom is -0.390 e. The van der Waals surface area contributed by atoms with Crippen molar-refractivity contribution >= 4 is 23.4 Å². The number of aliphatic hydroxyl groups is 1. The summed E-state index contributed by atoms with van der Waals surface area (Å²) in [4.78, 5) is 4.12. The van der Waals surface area contributed by atoms with E-state index in [1.165, 1.54) is 11.8 Å². The monoisotopic (exact) mass is 277 g/mol. The van der Waals surface area contributed by atoms with Crippen LogP contribution in [0.2, 0.25) is 5.02 Å². The normalized spacial score (nSPS) is 12.6. The summed E-state index contributed by atoms with van der Waals surface area (Å²) in [7, 11) is 1.61. The molecule has 0 radical (unpaired) electrons. The molecule has 0 aliphatic rings. The van der Waals surface area contributed by atoms with Crippen LogP contribution in [0.1, 0.15) is 0 Å². The maximum atomic E-state index is 9.64. The van der Waals surface area contributed by atoms with Crippen molar-refractivity contribution in [2.24, 2.45) is 0 Å². The van der Waals surface area contributed by atoms with Gasteiger partial charge < -0.3 is 14.6 Å². The van der Waals surface area contributed by atoms with Crippen molar-refractivity contribution in [2.45, 2.75) is 11.1 Å². The van der Waals surface area contributed by atoms with E-state index >= 15 is 0 Å². The SMILES string of the molecule is COCCOCC(O)CSc1ncccc1Cl. The van der Waals surface area contributed by atoms with Crippen molar-refractivity contribution in [2.75, 3.05) is 32.7 Å². The summed E-state index contributed by atoms with van der Waals surface area (Å²) in [5.74, 6) is 0.504. The van der Waals surface area contributed by atoms with Gasteiger partial charge in [0.05, 0.1) is 30.9 Å². The molecule has 1 N–H and O–H groups in total. The molecule has 1 aromatic rings. The van der Waals surface area contributed by atoms with Gasteiger partial charge in [-0.3, -0.25) is 0 Å². The van der Waals surface area contributed by atoms with E-state index in [-0.39, 0.29) is 0 Å². The Morgan fingerprint density at radius 3 is 3.06 bits per heavy atom. The molecule has 1 rings (SSSR count). The van der Waals surface area contributed by atoms with Crippen molar-refractivity contribution in [3.8, 4) is 0 Å². The Hall–Kier alpha value is -0.330. The molecular weight excluding hydrogens is 262 g/mol. The van der Waals surface area contributed by atoms with E-state index in [9.17, 15) is 5.11 Å². The van der Waals surface area contributed by atoms with E-state index in [0.29, 0.717) is 30.6 Å². The molecule has 0 saturated heterocycles. The highest BCUT2D eigenvalue weighted by Crippen LogP contribution is 2.24. The number of ether oxygens (including phenoxy) is 2.